The van der Waals surface area contributed by atoms with Gasteiger partial charge in [0.1, 0.15) is 5.22 Å². The van der Waals surface area contributed by atoms with Crippen LogP contribution >= 0.6 is 12.6 Å². The Morgan fingerprint density at radius 2 is 1.88 bits per heavy atom. The largest absolute Gasteiger partial charge is 0.396 e. The third-order valence-electron chi connectivity index (χ3n) is 3.82. The van der Waals surface area contributed by atoms with Crippen molar-refractivity contribution in [3.63, 3.8) is 0 Å². The summed E-state index contributed by atoms with van der Waals surface area (Å²) in [5.41, 5.74) is 0. The molecule has 0 spiro atoms. The monoisotopic (exact) mass is 264 g/mol. The highest BCUT2D eigenvalue weighted by Gasteiger charge is 2.58. The van der Waals surface area contributed by atoms with Crippen LogP contribution in [0, 0.1) is 0 Å². The molecule has 1 rings (SSSR count). The van der Waals surface area contributed by atoms with Crippen LogP contribution < -0.4 is 0 Å². The molecule has 0 radical (unpaired) electrons. The van der Waals surface area contributed by atoms with Gasteiger partial charge in [-0.1, -0.05) is 12.8 Å². The van der Waals surface area contributed by atoms with Crippen LogP contribution in [0.4, 0.5) is 0 Å². The third-order valence-corrected chi connectivity index (χ3v) is 8.56. The van der Waals surface area contributed by atoms with Crippen molar-refractivity contribution in [2.45, 2.75) is 43.4 Å². The van der Waals surface area contributed by atoms with Crippen molar-refractivity contribution in [3.8, 4) is 0 Å². The average molecular weight is 264 g/mol. The molecule has 0 aromatic carbocycles. The van der Waals surface area contributed by atoms with Crippen molar-refractivity contribution in [1.82, 2.24) is 0 Å². The fraction of sp³-hybridized carbons (Fsp3) is 1.00. The van der Waals surface area contributed by atoms with E-state index in [2.05, 4.69) is 12.6 Å². The molecule has 96 valence electrons. The van der Waals surface area contributed by atoms with Crippen LogP contribution in [-0.4, -0.2) is 40.9 Å². The molecule has 3 nitrogen and oxygen atoms in total. The fourth-order valence-electron chi connectivity index (χ4n) is 2.89. The van der Waals surface area contributed by atoms with Crippen LogP contribution in [0.2, 0.25) is 6.04 Å². The summed E-state index contributed by atoms with van der Waals surface area (Å²) in [6.07, 6.45) is 5.52. The van der Waals surface area contributed by atoms with E-state index in [0.717, 1.165) is 31.1 Å². The molecule has 16 heavy (non-hydrogen) atoms. The molecular formula is C11H24O3SSi. The zero-order valence-corrected chi connectivity index (χ0v) is 12.5. The third kappa shape index (κ3) is 2.48. The summed E-state index contributed by atoms with van der Waals surface area (Å²) in [5.74, 6) is 0.892. The van der Waals surface area contributed by atoms with Crippen LogP contribution in [0.5, 0.6) is 0 Å². The molecular weight excluding hydrogens is 240 g/mol. The molecule has 1 aliphatic rings. The quantitative estimate of drug-likeness (QED) is 0.590. The lowest BCUT2D eigenvalue weighted by molar-refractivity contribution is -0.0147. The predicted molar refractivity (Wildman–Crippen MR) is 71.3 cm³/mol. The number of hydrogen-bond donors (Lipinski definition) is 1. The van der Waals surface area contributed by atoms with Crippen molar-refractivity contribution in [2.75, 3.05) is 27.1 Å². The maximum Gasteiger partial charge on any atom is 0.370 e. The van der Waals surface area contributed by atoms with Gasteiger partial charge >= 0.3 is 8.56 Å². The first kappa shape index (κ1) is 14.5. The number of methoxy groups -OCH3 is 1. The Kier molecular flexibility index (Phi) is 5.80. The van der Waals surface area contributed by atoms with Gasteiger partial charge in [0.2, 0.25) is 0 Å². The topological polar surface area (TPSA) is 27.7 Å². The maximum absolute atomic E-state index is 5.86. The average Bonchev–Trinajstić information content (AvgIpc) is 2.36. The second-order valence-electron chi connectivity index (χ2n) is 4.39. The Bertz CT molecular complexity index is 211. The van der Waals surface area contributed by atoms with Gasteiger partial charge in [0.25, 0.3) is 0 Å². The summed E-state index contributed by atoms with van der Waals surface area (Å²) in [7, 11) is 3.14. The lowest BCUT2D eigenvalue weighted by Crippen LogP contribution is -2.64. The Morgan fingerprint density at radius 1 is 1.19 bits per heavy atom. The molecule has 1 unspecified atom stereocenters. The van der Waals surface area contributed by atoms with Crippen LogP contribution in [0.25, 0.3) is 0 Å². The van der Waals surface area contributed by atoms with E-state index in [1.54, 1.807) is 21.3 Å². The van der Waals surface area contributed by atoms with Crippen LogP contribution in [0.1, 0.15) is 32.1 Å². The highest BCUT2D eigenvalue weighted by molar-refractivity contribution is 7.80. The Labute approximate surface area is 106 Å². The lowest BCUT2D eigenvalue weighted by atomic mass is 10.1. The van der Waals surface area contributed by atoms with Crippen molar-refractivity contribution in [1.29, 1.82) is 0 Å². The summed E-state index contributed by atoms with van der Waals surface area (Å²) < 4.78 is 17.5. The van der Waals surface area contributed by atoms with Gasteiger partial charge in [0.05, 0.1) is 0 Å². The van der Waals surface area contributed by atoms with Gasteiger partial charge in [-0.25, -0.2) is 0 Å². The first-order valence-electron chi connectivity index (χ1n) is 5.96. The van der Waals surface area contributed by atoms with Gasteiger partial charge in [0, 0.05) is 21.3 Å². The molecule has 1 aliphatic heterocycles. The zero-order chi connectivity index (χ0) is 12.1. The summed E-state index contributed by atoms with van der Waals surface area (Å²) in [6.45, 7) is 0. The first-order valence-corrected chi connectivity index (χ1v) is 8.62. The Hall–Kier alpha value is 0.447. The highest BCUT2D eigenvalue weighted by atomic mass is 32.1. The molecule has 0 N–H and O–H groups in total. The van der Waals surface area contributed by atoms with Gasteiger partial charge in [-0.2, -0.15) is 12.6 Å². The van der Waals surface area contributed by atoms with Gasteiger partial charge < -0.3 is 13.6 Å². The van der Waals surface area contributed by atoms with E-state index >= 15 is 0 Å². The number of ether oxygens (including phenoxy) is 1. The van der Waals surface area contributed by atoms with E-state index in [9.17, 15) is 0 Å². The zero-order valence-electron chi connectivity index (χ0n) is 10.6. The highest BCUT2D eigenvalue weighted by Crippen LogP contribution is 2.42. The maximum atomic E-state index is 5.86. The lowest BCUT2D eigenvalue weighted by Gasteiger charge is -2.48. The molecule has 1 fully saturated rings. The summed E-state index contributed by atoms with van der Waals surface area (Å²) in [4.78, 5) is 0. The molecule has 0 aromatic rings. The Balaban J connectivity index is 2.90. The van der Waals surface area contributed by atoms with Gasteiger partial charge in [-0.3, -0.25) is 0 Å². The van der Waals surface area contributed by atoms with E-state index in [0.29, 0.717) is 0 Å². The molecule has 0 saturated carbocycles. The van der Waals surface area contributed by atoms with Crippen molar-refractivity contribution in [2.24, 2.45) is 0 Å². The van der Waals surface area contributed by atoms with Crippen LogP contribution in [0.15, 0.2) is 0 Å². The first-order chi connectivity index (χ1) is 7.70. The Morgan fingerprint density at radius 3 is 2.38 bits per heavy atom. The molecule has 1 atom stereocenters. The van der Waals surface area contributed by atoms with Gasteiger partial charge in [0.15, 0.2) is 0 Å². The SMILES string of the molecule is COC1(CCCS)CCCC[Si]1(OC)OC. The standard InChI is InChI=1S/C11H24O3SSi/c1-12-11(8-6-9-15)7-4-5-10-16(11,13-2)14-3/h15H,4-10H2,1-3H3. The van der Waals surface area contributed by atoms with E-state index < -0.39 is 8.56 Å². The van der Waals surface area contributed by atoms with Gasteiger partial charge in [-0.05, 0) is 31.1 Å². The number of rotatable bonds is 6. The molecule has 0 aromatic heterocycles. The van der Waals surface area contributed by atoms with Gasteiger partial charge in [-0.15, -0.1) is 0 Å². The molecule has 0 bridgehead atoms. The second kappa shape index (κ2) is 6.40. The minimum atomic E-state index is -2.20. The van der Waals surface area contributed by atoms with E-state index in [-0.39, 0.29) is 5.22 Å². The molecule has 0 aliphatic carbocycles. The van der Waals surface area contributed by atoms with E-state index in [1.807, 2.05) is 0 Å². The molecule has 1 saturated heterocycles. The molecule has 1 heterocycles. The van der Waals surface area contributed by atoms with Crippen molar-refractivity contribution >= 4 is 21.2 Å². The summed E-state index contributed by atoms with van der Waals surface area (Å²) in [5, 5.41) is -0.169. The number of hydrogen-bond acceptors (Lipinski definition) is 4. The number of thiol groups is 1. The smallest absolute Gasteiger partial charge is 0.370 e. The van der Waals surface area contributed by atoms with Crippen LogP contribution in [0.3, 0.4) is 0 Å². The minimum Gasteiger partial charge on any atom is -0.396 e. The van der Waals surface area contributed by atoms with Crippen LogP contribution in [-0.2, 0) is 13.6 Å². The summed E-state index contributed by atoms with van der Waals surface area (Å²) in [6, 6.07) is 1.04. The van der Waals surface area contributed by atoms with E-state index in [1.165, 1.54) is 12.8 Å². The normalized spacial score (nSPS) is 29.2. The predicted octanol–water partition coefficient (Wildman–Crippen LogP) is 2.54. The minimum absolute atomic E-state index is 0.169. The van der Waals surface area contributed by atoms with E-state index in [4.69, 9.17) is 13.6 Å². The van der Waals surface area contributed by atoms with Crippen molar-refractivity contribution in [3.05, 3.63) is 0 Å². The summed E-state index contributed by atoms with van der Waals surface area (Å²) >= 11 is 4.29. The van der Waals surface area contributed by atoms with Crippen molar-refractivity contribution < 1.29 is 13.6 Å². The molecule has 0 amide bonds. The second-order valence-corrected chi connectivity index (χ2v) is 8.57. The molecule has 5 heteroatoms. The fourth-order valence-corrected chi connectivity index (χ4v) is 6.96.